The lowest BCUT2D eigenvalue weighted by Gasteiger charge is -2.11. The van der Waals surface area contributed by atoms with Gasteiger partial charge in [-0.15, -0.1) is 0 Å². The minimum absolute atomic E-state index is 0.105. The number of benzene rings is 1. The van der Waals surface area contributed by atoms with Gasteiger partial charge >= 0.3 is 5.97 Å². The quantitative estimate of drug-likeness (QED) is 0.848. The first-order valence-electron chi connectivity index (χ1n) is 6.37. The molecule has 0 unspecified atom stereocenters. The molecule has 0 aromatic heterocycles. The predicted molar refractivity (Wildman–Crippen MR) is 67.1 cm³/mol. The Balaban J connectivity index is 1.78. The lowest BCUT2D eigenvalue weighted by Crippen LogP contribution is -2.35. The van der Waals surface area contributed by atoms with E-state index in [9.17, 15) is 14.0 Å². The van der Waals surface area contributed by atoms with Crippen LogP contribution in [0.5, 0.6) is 0 Å². The van der Waals surface area contributed by atoms with E-state index in [1.165, 1.54) is 18.2 Å². The molecule has 1 fully saturated rings. The lowest BCUT2D eigenvalue weighted by atomic mass is 10.2. The van der Waals surface area contributed by atoms with Gasteiger partial charge in [-0.05, 0) is 31.0 Å². The molecule has 19 heavy (non-hydrogen) atoms. The van der Waals surface area contributed by atoms with Gasteiger partial charge in [0.15, 0.2) is 6.61 Å². The molecule has 0 aliphatic heterocycles. The fourth-order valence-electron chi connectivity index (χ4n) is 2.17. The second-order valence-electron chi connectivity index (χ2n) is 4.64. The van der Waals surface area contributed by atoms with Crippen LogP contribution in [0.2, 0.25) is 0 Å². The number of rotatable bonds is 4. The number of hydrogen-bond acceptors (Lipinski definition) is 3. The fourth-order valence-corrected chi connectivity index (χ4v) is 2.17. The highest BCUT2D eigenvalue weighted by Gasteiger charge is 2.18. The van der Waals surface area contributed by atoms with Gasteiger partial charge < -0.3 is 10.1 Å². The topological polar surface area (TPSA) is 55.4 Å². The highest BCUT2D eigenvalue weighted by atomic mass is 19.1. The summed E-state index contributed by atoms with van der Waals surface area (Å²) in [5.41, 5.74) is 0.105. The summed E-state index contributed by atoms with van der Waals surface area (Å²) in [5.74, 6) is -1.51. The fraction of sp³-hybridized carbons (Fsp3) is 0.429. The lowest BCUT2D eigenvalue weighted by molar-refractivity contribution is -0.124. The van der Waals surface area contributed by atoms with Crippen LogP contribution in [0.15, 0.2) is 24.3 Å². The summed E-state index contributed by atoms with van der Waals surface area (Å²) in [6, 6.07) is 5.38. The van der Waals surface area contributed by atoms with E-state index < -0.39 is 11.8 Å². The zero-order valence-corrected chi connectivity index (χ0v) is 10.5. The molecule has 1 aromatic rings. The molecule has 0 atom stereocenters. The van der Waals surface area contributed by atoms with E-state index in [0.717, 1.165) is 31.7 Å². The van der Waals surface area contributed by atoms with Crippen molar-refractivity contribution in [1.29, 1.82) is 0 Å². The molecule has 1 aromatic carbocycles. The Morgan fingerprint density at radius 1 is 1.32 bits per heavy atom. The maximum atomic E-state index is 12.9. The van der Waals surface area contributed by atoms with Gasteiger partial charge in [-0.25, -0.2) is 9.18 Å². The first-order valence-corrected chi connectivity index (χ1v) is 6.37. The van der Waals surface area contributed by atoms with Gasteiger partial charge in [0.2, 0.25) is 0 Å². The molecule has 0 heterocycles. The maximum absolute atomic E-state index is 12.9. The minimum Gasteiger partial charge on any atom is -0.452 e. The van der Waals surface area contributed by atoms with Crippen molar-refractivity contribution in [2.75, 3.05) is 6.61 Å². The summed E-state index contributed by atoms with van der Waals surface area (Å²) < 4.78 is 17.7. The Morgan fingerprint density at radius 2 is 2.05 bits per heavy atom. The smallest absolute Gasteiger partial charge is 0.338 e. The molecular weight excluding hydrogens is 249 g/mol. The number of amides is 1. The van der Waals surface area contributed by atoms with Gasteiger partial charge in [-0.1, -0.05) is 18.9 Å². The number of carbonyl (C=O) groups is 2. The third-order valence-corrected chi connectivity index (χ3v) is 3.11. The Kier molecular flexibility index (Phi) is 4.49. The molecule has 1 aliphatic rings. The Labute approximate surface area is 110 Å². The SMILES string of the molecule is O=C(COC(=O)c1cccc(F)c1)NC1CCCC1. The van der Waals surface area contributed by atoms with Crippen molar-refractivity contribution < 1.29 is 18.7 Å². The van der Waals surface area contributed by atoms with Crippen molar-refractivity contribution in [3.63, 3.8) is 0 Å². The second kappa shape index (κ2) is 6.31. The third kappa shape index (κ3) is 4.05. The molecule has 0 bridgehead atoms. The summed E-state index contributed by atoms with van der Waals surface area (Å²) in [4.78, 5) is 23.1. The van der Waals surface area contributed by atoms with E-state index in [1.807, 2.05) is 0 Å². The van der Waals surface area contributed by atoms with Gasteiger partial charge in [0.05, 0.1) is 5.56 Å². The Morgan fingerprint density at radius 3 is 2.74 bits per heavy atom. The number of ether oxygens (including phenoxy) is 1. The first-order chi connectivity index (χ1) is 9.15. The summed E-state index contributed by atoms with van der Waals surface area (Å²) in [5, 5.41) is 2.81. The van der Waals surface area contributed by atoms with Crippen LogP contribution in [-0.4, -0.2) is 24.5 Å². The highest BCUT2D eigenvalue weighted by Crippen LogP contribution is 2.17. The first kappa shape index (κ1) is 13.5. The monoisotopic (exact) mass is 265 g/mol. The molecule has 4 nitrogen and oxygen atoms in total. The van der Waals surface area contributed by atoms with Gasteiger partial charge in [0.1, 0.15) is 5.82 Å². The van der Waals surface area contributed by atoms with Gasteiger partial charge in [-0.2, -0.15) is 0 Å². The number of nitrogens with one attached hydrogen (secondary N) is 1. The van der Waals surface area contributed by atoms with Gasteiger partial charge in [0, 0.05) is 6.04 Å². The molecule has 0 radical (unpaired) electrons. The van der Waals surface area contributed by atoms with Crippen LogP contribution in [0.1, 0.15) is 36.0 Å². The van der Waals surface area contributed by atoms with Crippen molar-refractivity contribution >= 4 is 11.9 Å². The Bertz CT molecular complexity index is 470. The standard InChI is InChI=1S/C14H16FNO3/c15-11-5-3-4-10(8-11)14(18)19-9-13(17)16-12-6-1-2-7-12/h3-5,8,12H,1-2,6-7,9H2,(H,16,17). The van der Waals surface area contributed by atoms with Crippen LogP contribution < -0.4 is 5.32 Å². The number of halogens is 1. The second-order valence-corrected chi connectivity index (χ2v) is 4.64. The molecule has 1 saturated carbocycles. The van der Waals surface area contributed by atoms with Crippen molar-refractivity contribution in [2.45, 2.75) is 31.7 Å². The molecule has 102 valence electrons. The molecule has 1 N–H and O–H groups in total. The van der Waals surface area contributed by atoms with Crippen LogP contribution in [0.3, 0.4) is 0 Å². The number of hydrogen-bond donors (Lipinski definition) is 1. The predicted octanol–water partition coefficient (Wildman–Crippen LogP) is 2.04. The van der Waals surface area contributed by atoms with E-state index in [1.54, 1.807) is 0 Å². The number of carbonyl (C=O) groups excluding carboxylic acids is 2. The Hall–Kier alpha value is -1.91. The summed E-state index contributed by atoms with van der Waals surface area (Å²) in [6.45, 7) is -0.328. The van der Waals surface area contributed by atoms with Crippen molar-refractivity contribution in [1.82, 2.24) is 5.32 Å². The van der Waals surface area contributed by atoms with Crippen LogP contribution in [0, 0.1) is 5.82 Å². The third-order valence-electron chi connectivity index (χ3n) is 3.11. The molecule has 0 saturated heterocycles. The summed E-state index contributed by atoms with van der Waals surface area (Å²) in [6.07, 6.45) is 4.19. The van der Waals surface area contributed by atoms with Crippen LogP contribution >= 0.6 is 0 Å². The largest absolute Gasteiger partial charge is 0.452 e. The van der Waals surface area contributed by atoms with Crippen LogP contribution in [-0.2, 0) is 9.53 Å². The van der Waals surface area contributed by atoms with E-state index in [4.69, 9.17) is 4.74 Å². The van der Waals surface area contributed by atoms with Gasteiger partial charge in [-0.3, -0.25) is 4.79 Å². The van der Waals surface area contributed by atoms with Crippen LogP contribution in [0.4, 0.5) is 4.39 Å². The summed E-state index contributed by atoms with van der Waals surface area (Å²) >= 11 is 0. The molecular formula is C14H16FNO3. The average Bonchev–Trinajstić information content (AvgIpc) is 2.88. The van der Waals surface area contributed by atoms with Crippen LogP contribution in [0.25, 0.3) is 0 Å². The molecule has 1 aliphatic carbocycles. The molecule has 2 rings (SSSR count). The highest BCUT2D eigenvalue weighted by molar-refractivity contribution is 5.91. The number of esters is 1. The normalized spacial score (nSPS) is 15.2. The van der Waals surface area contributed by atoms with Crippen molar-refractivity contribution in [3.8, 4) is 0 Å². The molecule has 0 spiro atoms. The zero-order valence-electron chi connectivity index (χ0n) is 10.5. The van der Waals surface area contributed by atoms with E-state index >= 15 is 0 Å². The maximum Gasteiger partial charge on any atom is 0.338 e. The zero-order chi connectivity index (χ0) is 13.7. The van der Waals surface area contributed by atoms with Gasteiger partial charge in [0.25, 0.3) is 5.91 Å². The minimum atomic E-state index is -0.693. The van der Waals surface area contributed by atoms with E-state index in [0.29, 0.717) is 0 Å². The summed E-state index contributed by atoms with van der Waals surface area (Å²) in [7, 11) is 0. The molecule has 1 amide bonds. The van der Waals surface area contributed by atoms with E-state index in [-0.39, 0.29) is 24.1 Å². The van der Waals surface area contributed by atoms with Crippen molar-refractivity contribution in [2.24, 2.45) is 0 Å². The van der Waals surface area contributed by atoms with Crippen molar-refractivity contribution in [3.05, 3.63) is 35.6 Å². The average molecular weight is 265 g/mol. The molecule has 5 heteroatoms. The van der Waals surface area contributed by atoms with E-state index in [2.05, 4.69) is 5.32 Å².